The van der Waals surface area contributed by atoms with Crippen LogP contribution in [0.3, 0.4) is 0 Å². The minimum Gasteiger partial charge on any atom is -0.103 e. The van der Waals surface area contributed by atoms with Gasteiger partial charge in [0.1, 0.15) is 0 Å². The molecule has 0 aliphatic rings. The van der Waals surface area contributed by atoms with Crippen molar-refractivity contribution in [1.82, 2.24) is 0 Å². The second-order valence-electron chi connectivity index (χ2n) is 8.08. The van der Waals surface area contributed by atoms with Crippen LogP contribution in [0.1, 0.15) is 11.1 Å². The zero-order chi connectivity index (χ0) is 21.7. The van der Waals surface area contributed by atoms with Crippen molar-refractivity contribution in [3.05, 3.63) is 146 Å². The summed E-state index contributed by atoms with van der Waals surface area (Å²) in [6, 6.07) is 42.2. The van der Waals surface area contributed by atoms with Crippen LogP contribution in [0.4, 0.5) is 0 Å². The Morgan fingerprint density at radius 1 is 0.613 bits per heavy atom. The largest absolute Gasteiger partial charge is 0.158 e. The van der Waals surface area contributed by atoms with E-state index in [4.69, 9.17) is 0 Å². The first-order valence-corrected chi connectivity index (χ1v) is 13.7. The third-order valence-corrected chi connectivity index (χ3v) is 15.4. The fourth-order valence-corrected chi connectivity index (χ4v) is 13.6. The first-order chi connectivity index (χ1) is 15.2. The van der Waals surface area contributed by atoms with Crippen LogP contribution in [0.15, 0.2) is 134 Å². The lowest BCUT2D eigenvalue weighted by Gasteiger charge is -2.47. The summed E-state index contributed by atoms with van der Waals surface area (Å²) in [7, 11) is -1.62. The van der Waals surface area contributed by atoms with Gasteiger partial charge in [-0.3, -0.25) is 0 Å². The molecule has 4 rings (SSSR count). The number of hydrogen-bond donors (Lipinski definition) is 0. The minimum absolute atomic E-state index is 0.157. The molecule has 0 saturated heterocycles. The van der Waals surface area contributed by atoms with Crippen molar-refractivity contribution in [2.45, 2.75) is 4.66 Å². The molecular formula is C29H28Si2. The molecule has 0 nitrogen and oxygen atoms in total. The van der Waals surface area contributed by atoms with E-state index >= 15 is 0 Å². The van der Waals surface area contributed by atoms with E-state index in [2.05, 4.69) is 134 Å². The maximum absolute atomic E-state index is 4.45. The highest BCUT2D eigenvalue weighted by atomic mass is 28.4. The SMILES string of the molecule is C=Cc1cccc(C([SiH3])(C=C)[Si](c2ccccc2)(c2ccccc2)c2ccccc2)c1. The van der Waals surface area contributed by atoms with E-state index < -0.39 is 8.07 Å². The molecule has 0 aromatic heterocycles. The van der Waals surface area contributed by atoms with Crippen molar-refractivity contribution < 1.29 is 0 Å². The molecule has 0 saturated carbocycles. The molecule has 4 aromatic carbocycles. The van der Waals surface area contributed by atoms with Gasteiger partial charge in [0.25, 0.3) is 0 Å². The Balaban J connectivity index is 2.18. The van der Waals surface area contributed by atoms with Gasteiger partial charge in [-0.2, -0.15) is 0 Å². The van der Waals surface area contributed by atoms with E-state index in [1.165, 1.54) is 21.1 Å². The zero-order valence-corrected chi connectivity index (χ0v) is 21.0. The van der Waals surface area contributed by atoms with Crippen LogP contribution in [0.25, 0.3) is 6.08 Å². The summed E-state index contributed by atoms with van der Waals surface area (Å²) < 4.78 is -0.157. The molecule has 4 aromatic rings. The minimum atomic E-state index is -2.54. The molecule has 0 amide bonds. The van der Waals surface area contributed by atoms with E-state index in [0.717, 1.165) is 15.8 Å². The van der Waals surface area contributed by atoms with Gasteiger partial charge in [0.05, 0.1) is 0 Å². The lowest BCUT2D eigenvalue weighted by atomic mass is 10.1. The monoisotopic (exact) mass is 432 g/mol. The van der Waals surface area contributed by atoms with Crippen molar-refractivity contribution in [2.24, 2.45) is 0 Å². The third kappa shape index (κ3) is 3.48. The molecule has 0 radical (unpaired) electrons. The quantitative estimate of drug-likeness (QED) is 0.237. The van der Waals surface area contributed by atoms with Crippen LogP contribution >= 0.6 is 0 Å². The Morgan fingerprint density at radius 3 is 1.45 bits per heavy atom. The number of allylic oxidation sites excluding steroid dienone is 1. The van der Waals surface area contributed by atoms with E-state index in [0.29, 0.717) is 0 Å². The van der Waals surface area contributed by atoms with Crippen molar-refractivity contribution >= 4 is 40.0 Å². The molecule has 0 heterocycles. The molecule has 2 heteroatoms. The molecule has 0 aliphatic heterocycles. The molecule has 1 atom stereocenters. The van der Waals surface area contributed by atoms with Crippen LogP contribution in [-0.4, -0.2) is 18.3 Å². The van der Waals surface area contributed by atoms with Gasteiger partial charge in [-0.25, -0.2) is 0 Å². The van der Waals surface area contributed by atoms with Gasteiger partial charge in [0.15, 0.2) is 8.07 Å². The number of benzene rings is 4. The third-order valence-electron chi connectivity index (χ3n) is 6.53. The summed E-state index contributed by atoms with van der Waals surface area (Å²) in [5, 5.41) is 4.23. The molecule has 0 bridgehead atoms. The molecular weight excluding hydrogens is 404 g/mol. The molecule has 0 N–H and O–H groups in total. The summed E-state index contributed by atoms with van der Waals surface area (Å²) in [5.74, 6) is 0. The predicted molar refractivity (Wildman–Crippen MR) is 142 cm³/mol. The maximum Gasteiger partial charge on any atom is 0.158 e. The Hall–Kier alpha value is -3.21. The first-order valence-electron chi connectivity index (χ1n) is 10.7. The fraction of sp³-hybridized carbons (Fsp3) is 0.0345. The Bertz CT molecular complexity index is 1070. The van der Waals surface area contributed by atoms with Gasteiger partial charge < -0.3 is 0 Å². The van der Waals surface area contributed by atoms with Gasteiger partial charge in [-0.15, -0.1) is 6.58 Å². The highest BCUT2D eigenvalue weighted by Gasteiger charge is 2.53. The molecule has 0 spiro atoms. The molecule has 0 fully saturated rings. The average Bonchev–Trinajstić information content (AvgIpc) is 2.86. The molecule has 0 aliphatic carbocycles. The Morgan fingerprint density at radius 2 is 1.06 bits per heavy atom. The van der Waals surface area contributed by atoms with Gasteiger partial charge >= 0.3 is 0 Å². The number of hydrogen-bond acceptors (Lipinski definition) is 0. The normalized spacial score (nSPS) is 13.3. The van der Waals surface area contributed by atoms with E-state index in [1.54, 1.807) is 0 Å². The maximum atomic E-state index is 4.45. The summed E-state index contributed by atoms with van der Waals surface area (Å²) in [6.07, 6.45) is 4.17. The van der Waals surface area contributed by atoms with Gasteiger partial charge in [-0.1, -0.05) is 134 Å². The van der Waals surface area contributed by atoms with E-state index in [1.807, 2.05) is 6.08 Å². The fourth-order valence-electron chi connectivity index (χ4n) is 4.94. The second kappa shape index (κ2) is 8.88. The molecule has 31 heavy (non-hydrogen) atoms. The van der Waals surface area contributed by atoms with E-state index in [-0.39, 0.29) is 4.66 Å². The van der Waals surface area contributed by atoms with Crippen LogP contribution in [0.2, 0.25) is 0 Å². The van der Waals surface area contributed by atoms with Crippen molar-refractivity contribution in [3.63, 3.8) is 0 Å². The van der Waals surface area contributed by atoms with Crippen LogP contribution < -0.4 is 15.6 Å². The zero-order valence-electron chi connectivity index (χ0n) is 18.0. The lowest BCUT2D eigenvalue weighted by molar-refractivity contribution is 1.05. The van der Waals surface area contributed by atoms with Crippen LogP contribution in [0, 0.1) is 0 Å². The lowest BCUT2D eigenvalue weighted by Crippen LogP contribution is -2.78. The Kier molecular flexibility index (Phi) is 6.03. The topological polar surface area (TPSA) is 0 Å². The van der Waals surface area contributed by atoms with Crippen molar-refractivity contribution in [1.29, 1.82) is 0 Å². The predicted octanol–water partition coefficient (Wildman–Crippen LogP) is 3.79. The smallest absolute Gasteiger partial charge is 0.103 e. The van der Waals surface area contributed by atoms with Crippen LogP contribution in [-0.2, 0) is 4.66 Å². The van der Waals surface area contributed by atoms with Crippen molar-refractivity contribution in [3.8, 4) is 0 Å². The van der Waals surface area contributed by atoms with E-state index in [9.17, 15) is 0 Å². The highest BCUT2D eigenvalue weighted by Crippen LogP contribution is 2.33. The summed E-state index contributed by atoms with van der Waals surface area (Å²) in [4.78, 5) is 0. The van der Waals surface area contributed by atoms with Crippen LogP contribution in [0.5, 0.6) is 0 Å². The second-order valence-corrected chi connectivity index (χ2v) is 14.9. The molecule has 1 unspecified atom stereocenters. The molecule has 152 valence electrons. The standard InChI is InChI=1S/C29H28Si2/c1-3-24-15-14-16-25(23-24)29(30,4-2)31(26-17-8-5-9-18-26,27-19-10-6-11-20-27)28-21-12-7-13-22-28/h3-23H,1-2H2,30H3. The van der Waals surface area contributed by atoms with Crippen molar-refractivity contribution in [2.75, 3.05) is 0 Å². The Labute approximate surface area is 190 Å². The van der Waals surface area contributed by atoms with Gasteiger partial charge in [-0.05, 0) is 26.7 Å². The summed E-state index contributed by atoms with van der Waals surface area (Å²) in [6.45, 7) is 8.46. The highest BCUT2D eigenvalue weighted by molar-refractivity contribution is 7.16. The summed E-state index contributed by atoms with van der Waals surface area (Å²) >= 11 is 0. The first kappa shape index (κ1) is 21.0. The number of rotatable bonds is 7. The van der Waals surface area contributed by atoms with Gasteiger partial charge in [0, 0.05) is 14.9 Å². The average molecular weight is 433 g/mol. The summed E-state index contributed by atoms with van der Waals surface area (Å²) in [5.41, 5.74) is 2.48. The van der Waals surface area contributed by atoms with Gasteiger partial charge in [0.2, 0.25) is 0 Å².